The Kier molecular flexibility index (Phi) is 6.22. The fourth-order valence-corrected chi connectivity index (χ4v) is 2.27. The summed E-state index contributed by atoms with van der Waals surface area (Å²) in [4.78, 5) is 0. The number of nitrogens with one attached hydrogen (secondary N) is 1. The molecule has 1 aliphatic rings. The predicted molar refractivity (Wildman–Crippen MR) is 64.0 cm³/mol. The van der Waals surface area contributed by atoms with Gasteiger partial charge in [-0.15, -0.1) is 0 Å². The molecule has 1 rings (SSSR count). The molecule has 3 nitrogen and oxygen atoms in total. The molecule has 0 spiro atoms. The summed E-state index contributed by atoms with van der Waals surface area (Å²) in [6.07, 6.45) is 7.25. The molecule has 1 saturated heterocycles. The summed E-state index contributed by atoms with van der Waals surface area (Å²) in [6.45, 7) is 5.89. The third kappa shape index (κ3) is 4.49. The second-order valence-electron chi connectivity index (χ2n) is 4.56. The van der Waals surface area contributed by atoms with Crippen molar-refractivity contribution in [3.05, 3.63) is 0 Å². The summed E-state index contributed by atoms with van der Waals surface area (Å²) in [5, 5.41) is 3.45. The molecular weight excluding hydrogens is 188 g/mol. The van der Waals surface area contributed by atoms with Crippen molar-refractivity contribution in [2.45, 2.75) is 51.0 Å². The number of nitrogens with two attached hydrogens (primary N) is 1. The van der Waals surface area contributed by atoms with Crippen molar-refractivity contribution in [1.82, 2.24) is 5.32 Å². The number of hydrogen-bond donors (Lipinski definition) is 2. The van der Waals surface area contributed by atoms with Crippen LogP contribution in [-0.4, -0.2) is 31.8 Å². The highest BCUT2D eigenvalue weighted by atomic mass is 16.5. The maximum Gasteiger partial charge on any atom is 0.0807 e. The lowest BCUT2D eigenvalue weighted by Crippen LogP contribution is -2.49. The summed E-state index contributed by atoms with van der Waals surface area (Å²) < 4.78 is 6.00. The van der Waals surface area contributed by atoms with E-state index in [9.17, 15) is 0 Å². The van der Waals surface area contributed by atoms with Crippen LogP contribution in [0.1, 0.15) is 45.4 Å². The Labute approximate surface area is 93.8 Å². The SMILES string of the molecule is CCCCCC1(CCCN)CNCCO1. The van der Waals surface area contributed by atoms with Gasteiger partial charge in [-0.05, 0) is 25.8 Å². The minimum Gasteiger partial charge on any atom is -0.372 e. The van der Waals surface area contributed by atoms with Crippen molar-refractivity contribution in [2.75, 3.05) is 26.2 Å². The van der Waals surface area contributed by atoms with Gasteiger partial charge in [0.05, 0.1) is 12.2 Å². The van der Waals surface area contributed by atoms with E-state index in [1.165, 1.54) is 25.7 Å². The Hall–Kier alpha value is -0.120. The highest BCUT2D eigenvalue weighted by Crippen LogP contribution is 2.26. The first kappa shape index (κ1) is 12.9. The van der Waals surface area contributed by atoms with Crippen molar-refractivity contribution >= 4 is 0 Å². The number of unbranched alkanes of at least 4 members (excludes halogenated alkanes) is 2. The smallest absolute Gasteiger partial charge is 0.0807 e. The minimum atomic E-state index is 0.0901. The number of morpholine rings is 1. The average Bonchev–Trinajstić information content (AvgIpc) is 2.28. The molecule has 1 heterocycles. The molecule has 15 heavy (non-hydrogen) atoms. The third-order valence-electron chi connectivity index (χ3n) is 3.21. The van der Waals surface area contributed by atoms with E-state index in [-0.39, 0.29) is 5.60 Å². The van der Waals surface area contributed by atoms with E-state index in [4.69, 9.17) is 10.5 Å². The molecule has 1 aliphatic heterocycles. The van der Waals surface area contributed by atoms with Crippen LogP contribution in [0.15, 0.2) is 0 Å². The molecule has 0 aromatic heterocycles. The van der Waals surface area contributed by atoms with E-state index in [1.54, 1.807) is 0 Å². The molecule has 0 aliphatic carbocycles. The molecule has 90 valence electrons. The molecule has 3 N–H and O–H groups in total. The van der Waals surface area contributed by atoms with Crippen LogP contribution in [0.4, 0.5) is 0 Å². The summed E-state index contributed by atoms with van der Waals surface area (Å²) in [5.74, 6) is 0. The molecular formula is C12H26N2O. The van der Waals surface area contributed by atoms with Crippen LogP contribution in [0.3, 0.4) is 0 Å². The third-order valence-corrected chi connectivity index (χ3v) is 3.21. The lowest BCUT2D eigenvalue weighted by Gasteiger charge is -2.38. The Morgan fingerprint density at radius 1 is 1.27 bits per heavy atom. The van der Waals surface area contributed by atoms with Crippen molar-refractivity contribution in [1.29, 1.82) is 0 Å². The van der Waals surface area contributed by atoms with Gasteiger partial charge in [-0.1, -0.05) is 26.2 Å². The van der Waals surface area contributed by atoms with Gasteiger partial charge in [0.2, 0.25) is 0 Å². The summed E-state index contributed by atoms with van der Waals surface area (Å²) in [7, 11) is 0. The van der Waals surface area contributed by atoms with E-state index >= 15 is 0 Å². The van der Waals surface area contributed by atoms with Gasteiger partial charge in [0.1, 0.15) is 0 Å². The lowest BCUT2D eigenvalue weighted by atomic mass is 9.89. The Morgan fingerprint density at radius 3 is 2.67 bits per heavy atom. The van der Waals surface area contributed by atoms with Gasteiger partial charge in [0.15, 0.2) is 0 Å². The van der Waals surface area contributed by atoms with Gasteiger partial charge >= 0.3 is 0 Å². The topological polar surface area (TPSA) is 47.3 Å². The predicted octanol–water partition coefficient (Wildman–Crippen LogP) is 1.66. The maximum absolute atomic E-state index is 6.00. The van der Waals surface area contributed by atoms with Crippen LogP contribution in [-0.2, 0) is 4.74 Å². The lowest BCUT2D eigenvalue weighted by molar-refractivity contribution is -0.0784. The van der Waals surface area contributed by atoms with Crippen molar-refractivity contribution in [2.24, 2.45) is 5.73 Å². The molecule has 0 bridgehead atoms. The standard InChI is InChI=1S/C12H26N2O/c1-2-3-4-6-12(7-5-8-13)11-14-9-10-15-12/h14H,2-11,13H2,1H3. The van der Waals surface area contributed by atoms with Crippen LogP contribution in [0.2, 0.25) is 0 Å². The van der Waals surface area contributed by atoms with Crippen LogP contribution >= 0.6 is 0 Å². The van der Waals surface area contributed by atoms with Crippen molar-refractivity contribution in [3.8, 4) is 0 Å². The van der Waals surface area contributed by atoms with Crippen LogP contribution in [0.25, 0.3) is 0 Å². The van der Waals surface area contributed by atoms with E-state index in [1.807, 2.05) is 0 Å². The van der Waals surface area contributed by atoms with Gasteiger partial charge < -0.3 is 15.8 Å². The van der Waals surface area contributed by atoms with Gasteiger partial charge in [-0.25, -0.2) is 0 Å². The second-order valence-corrected chi connectivity index (χ2v) is 4.56. The molecule has 0 radical (unpaired) electrons. The number of hydrogen-bond acceptors (Lipinski definition) is 3. The first-order chi connectivity index (χ1) is 7.33. The van der Waals surface area contributed by atoms with E-state index in [0.29, 0.717) is 0 Å². The fourth-order valence-electron chi connectivity index (χ4n) is 2.27. The van der Waals surface area contributed by atoms with Crippen LogP contribution in [0, 0.1) is 0 Å². The normalized spacial score (nSPS) is 26.8. The van der Waals surface area contributed by atoms with E-state index in [2.05, 4.69) is 12.2 Å². The Balaban J connectivity index is 2.35. The monoisotopic (exact) mass is 214 g/mol. The largest absolute Gasteiger partial charge is 0.372 e. The summed E-state index contributed by atoms with van der Waals surface area (Å²) >= 11 is 0. The first-order valence-electron chi connectivity index (χ1n) is 6.38. The molecule has 1 unspecified atom stereocenters. The molecule has 3 heteroatoms. The summed E-state index contributed by atoms with van der Waals surface area (Å²) in [5.41, 5.74) is 5.67. The zero-order valence-corrected chi connectivity index (χ0v) is 10.1. The Bertz CT molecular complexity index is 156. The highest BCUT2D eigenvalue weighted by molar-refractivity contribution is 4.86. The molecule has 0 aromatic rings. The van der Waals surface area contributed by atoms with Gasteiger partial charge in [0, 0.05) is 13.1 Å². The van der Waals surface area contributed by atoms with Crippen molar-refractivity contribution < 1.29 is 4.74 Å². The number of rotatable bonds is 7. The zero-order chi connectivity index (χ0) is 11.0. The molecule has 1 fully saturated rings. The minimum absolute atomic E-state index is 0.0901. The average molecular weight is 214 g/mol. The summed E-state index contributed by atoms with van der Waals surface area (Å²) in [6, 6.07) is 0. The molecule has 0 amide bonds. The zero-order valence-electron chi connectivity index (χ0n) is 10.1. The fraction of sp³-hybridized carbons (Fsp3) is 1.00. The number of ether oxygens (including phenoxy) is 1. The van der Waals surface area contributed by atoms with E-state index < -0.39 is 0 Å². The first-order valence-corrected chi connectivity index (χ1v) is 6.38. The van der Waals surface area contributed by atoms with Gasteiger partial charge in [-0.3, -0.25) is 0 Å². The van der Waals surface area contributed by atoms with Crippen molar-refractivity contribution in [3.63, 3.8) is 0 Å². The molecule has 1 atom stereocenters. The quantitative estimate of drug-likeness (QED) is 0.634. The van der Waals surface area contributed by atoms with Gasteiger partial charge in [-0.2, -0.15) is 0 Å². The maximum atomic E-state index is 6.00. The molecule has 0 aromatic carbocycles. The van der Waals surface area contributed by atoms with E-state index in [0.717, 1.165) is 39.1 Å². The van der Waals surface area contributed by atoms with Gasteiger partial charge in [0.25, 0.3) is 0 Å². The molecule has 0 saturated carbocycles. The second kappa shape index (κ2) is 7.20. The Morgan fingerprint density at radius 2 is 2.07 bits per heavy atom. The highest BCUT2D eigenvalue weighted by Gasteiger charge is 2.31. The van der Waals surface area contributed by atoms with Crippen LogP contribution in [0.5, 0.6) is 0 Å². The van der Waals surface area contributed by atoms with Crippen LogP contribution < -0.4 is 11.1 Å².